The fourth-order valence-electron chi connectivity index (χ4n) is 1.80. The number of allylic oxidation sites excluding steroid dienone is 1. The summed E-state index contributed by atoms with van der Waals surface area (Å²) in [5.74, 6) is 0. The molecule has 0 aliphatic carbocycles. The third kappa shape index (κ3) is 3.77. The minimum absolute atomic E-state index is 0.0446. The van der Waals surface area contributed by atoms with E-state index < -0.39 is 0 Å². The number of benzene rings is 1. The Morgan fingerprint density at radius 3 is 2.80 bits per heavy atom. The number of hydrogen-bond acceptors (Lipinski definition) is 4. The van der Waals surface area contributed by atoms with Crippen molar-refractivity contribution in [2.24, 2.45) is 0 Å². The van der Waals surface area contributed by atoms with Crippen molar-refractivity contribution in [2.45, 2.75) is 19.9 Å². The number of nitriles is 1. The molecule has 0 saturated carbocycles. The molecule has 20 heavy (non-hydrogen) atoms. The summed E-state index contributed by atoms with van der Waals surface area (Å²) in [5, 5.41) is 25.9. The van der Waals surface area contributed by atoms with Gasteiger partial charge < -0.3 is 5.11 Å². The number of aliphatic hydroxyl groups is 1. The fourth-order valence-corrected chi connectivity index (χ4v) is 1.80. The van der Waals surface area contributed by atoms with E-state index in [4.69, 9.17) is 5.11 Å². The molecule has 2 aromatic rings. The van der Waals surface area contributed by atoms with Crippen molar-refractivity contribution < 1.29 is 5.11 Å². The third-order valence-corrected chi connectivity index (χ3v) is 2.85. The molecule has 5 heteroatoms. The summed E-state index contributed by atoms with van der Waals surface area (Å²) in [7, 11) is 0. The predicted octanol–water partition coefficient (Wildman–Crippen LogP) is 1.73. The summed E-state index contributed by atoms with van der Waals surface area (Å²) in [5.41, 5.74) is 3.50. The highest BCUT2D eigenvalue weighted by Crippen LogP contribution is 2.10. The first-order valence-corrected chi connectivity index (χ1v) is 6.38. The maximum Gasteiger partial charge on any atom is 0.0967 e. The zero-order valence-corrected chi connectivity index (χ0v) is 11.3. The Hall–Kier alpha value is -2.45. The maximum absolute atomic E-state index is 9.19. The van der Waals surface area contributed by atoms with Gasteiger partial charge in [-0.25, -0.2) is 4.68 Å². The lowest BCUT2D eigenvalue weighted by atomic mass is 10.1. The average Bonchev–Trinajstić information content (AvgIpc) is 2.88. The van der Waals surface area contributed by atoms with Gasteiger partial charge >= 0.3 is 0 Å². The average molecular weight is 268 g/mol. The molecule has 0 radical (unpaired) electrons. The lowest BCUT2D eigenvalue weighted by molar-refractivity contribution is 0.298. The highest BCUT2D eigenvalue weighted by molar-refractivity contribution is 5.57. The Bertz CT molecular complexity index is 635. The van der Waals surface area contributed by atoms with E-state index in [-0.39, 0.29) is 6.61 Å². The summed E-state index contributed by atoms with van der Waals surface area (Å²) in [6.45, 7) is 2.45. The Kier molecular flexibility index (Phi) is 4.64. The van der Waals surface area contributed by atoms with Gasteiger partial charge in [-0.05, 0) is 18.6 Å². The SMILES string of the molecule is Cc1ccc(/C=C(\C#N)Cn2cc(CCO)nn2)cc1. The van der Waals surface area contributed by atoms with Crippen LogP contribution in [0.4, 0.5) is 0 Å². The summed E-state index contributed by atoms with van der Waals surface area (Å²) >= 11 is 0. The van der Waals surface area contributed by atoms with Crippen LogP contribution in [0, 0.1) is 18.3 Å². The molecule has 0 fully saturated rings. The van der Waals surface area contributed by atoms with E-state index in [2.05, 4.69) is 16.4 Å². The van der Waals surface area contributed by atoms with Crippen molar-refractivity contribution >= 4 is 6.08 Å². The summed E-state index contributed by atoms with van der Waals surface area (Å²) in [6.07, 6.45) is 4.06. The monoisotopic (exact) mass is 268 g/mol. The molecule has 0 amide bonds. The van der Waals surface area contributed by atoms with Gasteiger partial charge in [0.05, 0.1) is 23.9 Å². The zero-order valence-electron chi connectivity index (χ0n) is 11.3. The molecule has 0 bridgehead atoms. The van der Waals surface area contributed by atoms with Gasteiger partial charge in [0.2, 0.25) is 0 Å². The molecule has 0 aliphatic rings. The van der Waals surface area contributed by atoms with Crippen LogP contribution < -0.4 is 0 Å². The Morgan fingerprint density at radius 1 is 1.40 bits per heavy atom. The van der Waals surface area contributed by atoms with Gasteiger partial charge in [-0.2, -0.15) is 5.26 Å². The second-order valence-corrected chi connectivity index (χ2v) is 4.57. The van der Waals surface area contributed by atoms with E-state index in [1.165, 1.54) is 5.56 Å². The molecule has 1 N–H and O–H groups in total. The fraction of sp³-hybridized carbons (Fsp3) is 0.267. The van der Waals surface area contributed by atoms with Crippen LogP contribution >= 0.6 is 0 Å². The Balaban J connectivity index is 2.12. The minimum Gasteiger partial charge on any atom is -0.396 e. The lowest BCUT2D eigenvalue weighted by Crippen LogP contribution is -2.00. The van der Waals surface area contributed by atoms with E-state index in [1.807, 2.05) is 37.3 Å². The molecule has 0 spiro atoms. The van der Waals surface area contributed by atoms with Crippen LogP contribution in [-0.4, -0.2) is 26.7 Å². The van der Waals surface area contributed by atoms with Crippen LogP contribution in [0.3, 0.4) is 0 Å². The summed E-state index contributed by atoms with van der Waals surface area (Å²) in [6, 6.07) is 10.2. The van der Waals surface area contributed by atoms with Gasteiger partial charge in [0.15, 0.2) is 0 Å². The Morgan fingerprint density at radius 2 is 2.15 bits per heavy atom. The molecule has 2 rings (SSSR count). The number of aromatic nitrogens is 3. The largest absolute Gasteiger partial charge is 0.396 e. The van der Waals surface area contributed by atoms with E-state index in [1.54, 1.807) is 10.9 Å². The first kappa shape index (κ1) is 14.0. The Labute approximate surface area is 117 Å². The highest BCUT2D eigenvalue weighted by atomic mass is 16.3. The number of aryl methyl sites for hydroxylation is 1. The molecule has 1 aromatic heterocycles. The molecule has 5 nitrogen and oxygen atoms in total. The van der Waals surface area contributed by atoms with Crippen LogP contribution in [0.5, 0.6) is 0 Å². The first-order chi connectivity index (χ1) is 9.71. The molecule has 1 aromatic carbocycles. The predicted molar refractivity (Wildman–Crippen MR) is 75.6 cm³/mol. The second-order valence-electron chi connectivity index (χ2n) is 4.57. The number of rotatable bonds is 5. The maximum atomic E-state index is 9.19. The smallest absolute Gasteiger partial charge is 0.0967 e. The van der Waals surface area contributed by atoms with Gasteiger partial charge in [-0.1, -0.05) is 35.0 Å². The minimum atomic E-state index is 0.0446. The molecule has 0 saturated heterocycles. The van der Waals surface area contributed by atoms with Crippen LogP contribution in [0.15, 0.2) is 36.0 Å². The van der Waals surface area contributed by atoms with Crippen molar-refractivity contribution in [3.63, 3.8) is 0 Å². The van der Waals surface area contributed by atoms with Gasteiger partial charge in [-0.15, -0.1) is 5.10 Å². The number of nitrogens with zero attached hydrogens (tertiary/aromatic N) is 4. The molecule has 0 atom stereocenters. The summed E-state index contributed by atoms with van der Waals surface area (Å²) < 4.78 is 1.61. The molecule has 102 valence electrons. The van der Waals surface area contributed by atoms with Crippen molar-refractivity contribution in [3.05, 3.63) is 52.9 Å². The van der Waals surface area contributed by atoms with E-state index in [0.717, 1.165) is 11.3 Å². The van der Waals surface area contributed by atoms with Crippen molar-refractivity contribution in [1.82, 2.24) is 15.0 Å². The van der Waals surface area contributed by atoms with Crippen LogP contribution in [0.25, 0.3) is 6.08 Å². The second kappa shape index (κ2) is 6.64. The van der Waals surface area contributed by atoms with Gasteiger partial charge in [0.25, 0.3) is 0 Å². The molecular formula is C15H16N4O. The normalized spacial score (nSPS) is 11.3. The third-order valence-electron chi connectivity index (χ3n) is 2.85. The van der Waals surface area contributed by atoms with Gasteiger partial charge in [0.1, 0.15) is 0 Å². The first-order valence-electron chi connectivity index (χ1n) is 6.38. The number of aliphatic hydroxyl groups excluding tert-OH is 1. The van der Waals surface area contributed by atoms with Crippen LogP contribution in [0.1, 0.15) is 16.8 Å². The van der Waals surface area contributed by atoms with E-state index >= 15 is 0 Å². The summed E-state index contributed by atoms with van der Waals surface area (Å²) in [4.78, 5) is 0. The molecule has 0 unspecified atom stereocenters. The highest BCUT2D eigenvalue weighted by Gasteiger charge is 2.03. The van der Waals surface area contributed by atoms with Gasteiger partial charge in [-0.3, -0.25) is 0 Å². The zero-order chi connectivity index (χ0) is 14.4. The lowest BCUT2D eigenvalue weighted by Gasteiger charge is -2.00. The quantitative estimate of drug-likeness (QED) is 0.838. The van der Waals surface area contributed by atoms with Crippen LogP contribution in [-0.2, 0) is 13.0 Å². The molecule has 0 aliphatic heterocycles. The van der Waals surface area contributed by atoms with E-state index in [0.29, 0.717) is 18.5 Å². The van der Waals surface area contributed by atoms with Crippen molar-refractivity contribution in [2.75, 3.05) is 6.61 Å². The molecular weight excluding hydrogens is 252 g/mol. The van der Waals surface area contributed by atoms with Gasteiger partial charge in [0, 0.05) is 19.2 Å². The number of hydrogen-bond donors (Lipinski definition) is 1. The molecule has 1 heterocycles. The van der Waals surface area contributed by atoms with Crippen LogP contribution in [0.2, 0.25) is 0 Å². The van der Waals surface area contributed by atoms with E-state index in [9.17, 15) is 5.26 Å². The standard InChI is InChI=1S/C15H16N4O/c1-12-2-4-13(5-3-12)8-14(9-16)10-19-11-15(6-7-20)17-18-19/h2-5,8,11,20H,6-7,10H2,1H3/b14-8+. The van der Waals surface area contributed by atoms with Crippen molar-refractivity contribution in [1.29, 1.82) is 5.26 Å². The van der Waals surface area contributed by atoms with Crippen molar-refractivity contribution in [3.8, 4) is 6.07 Å². The topological polar surface area (TPSA) is 74.7 Å².